The average molecular weight is 202 g/mol. The summed E-state index contributed by atoms with van der Waals surface area (Å²) in [6, 6.07) is 0. The minimum absolute atomic E-state index is 0.0519. The van der Waals surface area contributed by atoms with Gasteiger partial charge in [0.2, 0.25) is 0 Å². The average Bonchev–Trinajstić information content (AvgIpc) is 2.14. The van der Waals surface area contributed by atoms with Crippen molar-refractivity contribution in [2.45, 2.75) is 46.6 Å². The molecule has 0 aromatic carbocycles. The summed E-state index contributed by atoms with van der Waals surface area (Å²) in [6.07, 6.45) is 1.22. The van der Waals surface area contributed by atoms with Crippen LogP contribution >= 0.6 is 0 Å². The summed E-state index contributed by atoms with van der Waals surface area (Å²) in [7, 11) is 0. The van der Waals surface area contributed by atoms with Gasteiger partial charge in [-0.3, -0.25) is 4.79 Å². The summed E-state index contributed by atoms with van der Waals surface area (Å²) in [5.74, 6) is -1.00. The van der Waals surface area contributed by atoms with Crippen molar-refractivity contribution in [2.75, 3.05) is 0 Å². The van der Waals surface area contributed by atoms with Gasteiger partial charge in [0.25, 0.3) is 0 Å². The van der Waals surface area contributed by atoms with E-state index in [-0.39, 0.29) is 5.92 Å². The van der Waals surface area contributed by atoms with E-state index in [4.69, 9.17) is 5.11 Å². The number of rotatable bonds is 6. The van der Waals surface area contributed by atoms with Crippen LogP contribution in [0.2, 0.25) is 0 Å². The first-order valence-corrected chi connectivity index (χ1v) is 5.31. The van der Waals surface area contributed by atoms with Crippen LogP contribution in [-0.4, -0.2) is 22.3 Å². The van der Waals surface area contributed by atoms with Crippen molar-refractivity contribution in [1.29, 1.82) is 0 Å². The Bertz CT molecular complexity index is 179. The quantitative estimate of drug-likeness (QED) is 0.693. The highest BCUT2D eigenvalue weighted by atomic mass is 16.4. The predicted octanol–water partition coefficient (Wildman–Crippen LogP) is 2.14. The van der Waals surface area contributed by atoms with Crippen LogP contribution < -0.4 is 0 Å². The Balaban J connectivity index is 4.10. The summed E-state index contributed by atoms with van der Waals surface area (Å²) in [6.45, 7) is 7.69. The molecule has 0 radical (unpaired) electrons. The third kappa shape index (κ3) is 4.09. The maximum absolute atomic E-state index is 10.6. The number of carbonyl (C=O) groups is 1. The van der Waals surface area contributed by atoms with Gasteiger partial charge in [-0.05, 0) is 25.2 Å². The second-order valence-corrected chi connectivity index (χ2v) is 4.34. The van der Waals surface area contributed by atoms with Gasteiger partial charge in [-0.15, -0.1) is 0 Å². The first-order chi connectivity index (χ1) is 6.40. The lowest BCUT2D eigenvalue weighted by molar-refractivity contribution is -0.146. The van der Waals surface area contributed by atoms with Crippen LogP contribution in [0.25, 0.3) is 0 Å². The van der Waals surface area contributed by atoms with E-state index in [2.05, 4.69) is 13.8 Å². The molecule has 0 amide bonds. The van der Waals surface area contributed by atoms with Crippen LogP contribution in [0.15, 0.2) is 0 Å². The van der Waals surface area contributed by atoms with Gasteiger partial charge >= 0.3 is 5.97 Å². The van der Waals surface area contributed by atoms with Crippen LogP contribution in [0.5, 0.6) is 0 Å². The Morgan fingerprint density at radius 3 is 2.14 bits per heavy atom. The van der Waals surface area contributed by atoms with E-state index in [1.807, 2.05) is 6.92 Å². The van der Waals surface area contributed by atoms with E-state index in [9.17, 15) is 9.90 Å². The number of hydrogen-bond acceptors (Lipinski definition) is 2. The number of carboxylic acid groups (broad SMARTS) is 1. The zero-order valence-electron chi connectivity index (χ0n) is 9.53. The summed E-state index contributed by atoms with van der Waals surface area (Å²) < 4.78 is 0. The normalized spacial score (nSPS) is 19.8. The lowest BCUT2D eigenvalue weighted by Crippen LogP contribution is -2.31. The molecule has 0 bridgehead atoms. The van der Waals surface area contributed by atoms with Crippen molar-refractivity contribution in [1.82, 2.24) is 0 Å². The van der Waals surface area contributed by atoms with Gasteiger partial charge in [-0.2, -0.15) is 0 Å². The molecule has 0 heterocycles. The zero-order valence-corrected chi connectivity index (χ0v) is 9.53. The molecule has 0 fully saturated rings. The smallest absolute Gasteiger partial charge is 0.308 e. The van der Waals surface area contributed by atoms with Gasteiger partial charge in [-0.25, -0.2) is 0 Å². The third-order valence-corrected chi connectivity index (χ3v) is 2.96. The highest BCUT2D eigenvalue weighted by Crippen LogP contribution is 2.22. The Labute approximate surface area is 86.1 Å². The maximum atomic E-state index is 10.6. The molecule has 0 rings (SSSR count). The van der Waals surface area contributed by atoms with Crippen molar-refractivity contribution in [3.05, 3.63) is 0 Å². The molecule has 84 valence electrons. The van der Waals surface area contributed by atoms with Crippen molar-refractivity contribution in [2.24, 2.45) is 17.8 Å². The fraction of sp³-hybridized carbons (Fsp3) is 0.909. The summed E-state index contributed by atoms with van der Waals surface area (Å²) in [5.41, 5.74) is 0. The molecule has 0 aromatic heterocycles. The van der Waals surface area contributed by atoms with Gasteiger partial charge in [-0.1, -0.05) is 27.2 Å². The van der Waals surface area contributed by atoms with Gasteiger partial charge < -0.3 is 10.2 Å². The van der Waals surface area contributed by atoms with Gasteiger partial charge in [0.1, 0.15) is 0 Å². The Morgan fingerprint density at radius 2 is 1.79 bits per heavy atom. The number of aliphatic hydroxyl groups is 1. The second kappa shape index (κ2) is 6.02. The summed E-state index contributed by atoms with van der Waals surface area (Å²) in [5, 5.41) is 18.5. The second-order valence-electron chi connectivity index (χ2n) is 4.34. The van der Waals surface area contributed by atoms with E-state index in [1.165, 1.54) is 0 Å². The molecule has 0 aliphatic carbocycles. The van der Waals surface area contributed by atoms with Crippen molar-refractivity contribution in [3.63, 3.8) is 0 Å². The number of aliphatic carboxylic acids is 1. The molecule has 0 aliphatic rings. The van der Waals surface area contributed by atoms with Crippen LogP contribution in [0.3, 0.4) is 0 Å². The lowest BCUT2D eigenvalue weighted by Gasteiger charge is -2.24. The number of hydrogen-bond donors (Lipinski definition) is 2. The predicted molar refractivity (Wildman–Crippen MR) is 56.0 cm³/mol. The third-order valence-electron chi connectivity index (χ3n) is 2.96. The molecular weight excluding hydrogens is 180 g/mol. The van der Waals surface area contributed by atoms with Crippen molar-refractivity contribution >= 4 is 5.97 Å². The van der Waals surface area contributed by atoms with E-state index >= 15 is 0 Å². The highest BCUT2D eigenvalue weighted by Gasteiger charge is 2.26. The summed E-state index contributed by atoms with van der Waals surface area (Å²) >= 11 is 0. The first-order valence-electron chi connectivity index (χ1n) is 5.31. The zero-order chi connectivity index (χ0) is 11.3. The van der Waals surface area contributed by atoms with Gasteiger partial charge in [0.15, 0.2) is 0 Å². The standard InChI is InChI=1S/C11H22O3/c1-5-7(2)6-8(3)10(12)9(4)11(13)14/h7-10,12H,5-6H2,1-4H3,(H,13,14)/t7-,8-,9-,10-/m1/s1. The Morgan fingerprint density at radius 1 is 1.29 bits per heavy atom. The molecule has 0 saturated heterocycles. The van der Waals surface area contributed by atoms with Crippen LogP contribution in [0, 0.1) is 17.8 Å². The molecule has 4 atom stereocenters. The molecule has 0 saturated carbocycles. The Hall–Kier alpha value is -0.570. The number of carboxylic acids is 1. The minimum atomic E-state index is -0.923. The fourth-order valence-corrected chi connectivity index (χ4v) is 1.58. The molecular formula is C11H22O3. The molecule has 0 spiro atoms. The van der Waals surface area contributed by atoms with Crippen molar-refractivity contribution < 1.29 is 15.0 Å². The van der Waals surface area contributed by atoms with Crippen LogP contribution in [0.1, 0.15) is 40.5 Å². The van der Waals surface area contributed by atoms with Crippen LogP contribution in [-0.2, 0) is 4.79 Å². The monoisotopic (exact) mass is 202 g/mol. The van der Waals surface area contributed by atoms with Crippen molar-refractivity contribution in [3.8, 4) is 0 Å². The largest absolute Gasteiger partial charge is 0.481 e. The molecule has 0 aromatic rings. The Kier molecular flexibility index (Phi) is 5.77. The molecule has 3 heteroatoms. The molecule has 0 aliphatic heterocycles. The molecule has 0 unspecified atom stereocenters. The van der Waals surface area contributed by atoms with Gasteiger partial charge in [0, 0.05) is 0 Å². The summed E-state index contributed by atoms with van der Waals surface area (Å²) in [4.78, 5) is 10.6. The SMILES string of the molecule is CC[C@@H](C)C[C@@H](C)[C@@H](O)[C@@H](C)C(=O)O. The lowest BCUT2D eigenvalue weighted by atomic mass is 9.86. The molecule has 14 heavy (non-hydrogen) atoms. The van der Waals surface area contributed by atoms with E-state index in [0.717, 1.165) is 12.8 Å². The molecule has 3 nitrogen and oxygen atoms in total. The molecule has 2 N–H and O–H groups in total. The maximum Gasteiger partial charge on any atom is 0.308 e. The topological polar surface area (TPSA) is 57.5 Å². The first kappa shape index (κ1) is 13.4. The highest BCUT2D eigenvalue weighted by molar-refractivity contribution is 5.70. The van der Waals surface area contributed by atoms with E-state index < -0.39 is 18.0 Å². The van der Waals surface area contributed by atoms with E-state index in [0.29, 0.717) is 5.92 Å². The number of aliphatic hydroxyl groups excluding tert-OH is 1. The van der Waals surface area contributed by atoms with E-state index in [1.54, 1.807) is 6.92 Å². The minimum Gasteiger partial charge on any atom is -0.481 e. The van der Waals surface area contributed by atoms with Crippen LogP contribution in [0.4, 0.5) is 0 Å². The van der Waals surface area contributed by atoms with Gasteiger partial charge in [0.05, 0.1) is 12.0 Å². The fourth-order valence-electron chi connectivity index (χ4n) is 1.58.